The maximum atomic E-state index is 12.1. The van der Waals surface area contributed by atoms with Crippen molar-refractivity contribution in [1.29, 1.82) is 0 Å². The monoisotopic (exact) mass is 342 g/mol. The minimum absolute atomic E-state index is 0.0857. The van der Waals surface area contributed by atoms with Crippen molar-refractivity contribution in [2.24, 2.45) is 4.99 Å². The predicted molar refractivity (Wildman–Crippen MR) is 89.4 cm³/mol. The van der Waals surface area contributed by atoms with Crippen LogP contribution in [0.2, 0.25) is 0 Å². The van der Waals surface area contributed by atoms with Gasteiger partial charge in [0.25, 0.3) is 5.91 Å². The second-order valence-corrected chi connectivity index (χ2v) is 5.84. The Kier molecular flexibility index (Phi) is 4.78. The topological polar surface area (TPSA) is 128 Å². The van der Waals surface area contributed by atoms with E-state index in [2.05, 4.69) is 20.3 Å². The Hall–Kier alpha value is -3.16. The Labute approximate surface area is 143 Å². The molecule has 1 unspecified atom stereocenters. The number of aromatic hydroxyl groups is 1. The van der Waals surface area contributed by atoms with Gasteiger partial charge in [-0.05, 0) is 24.1 Å². The molecule has 0 fully saturated rings. The molecule has 0 aliphatic carbocycles. The number of nitrogens with zero attached hydrogens (tertiary/aromatic N) is 2. The van der Waals surface area contributed by atoms with Gasteiger partial charge in [0.15, 0.2) is 5.84 Å². The second-order valence-electron chi connectivity index (χ2n) is 5.84. The first kappa shape index (κ1) is 16.7. The van der Waals surface area contributed by atoms with Crippen LogP contribution in [0.25, 0.3) is 0 Å². The zero-order valence-corrected chi connectivity index (χ0v) is 13.4. The number of aromatic amines is 1. The molecule has 1 aromatic carbocycles. The second kappa shape index (κ2) is 7.16. The van der Waals surface area contributed by atoms with Crippen molar-refractivity contribution in [3.05, 3.63) is 47.5 Å². The number of hydrogen-bond acceptors (Lipinski definition) is 5. The van der Waals surface area contributed by atoms with Gasteiger partial charge in [0, 0.05) is 19.3 Å². The van der Waals surface area contributed by atoms with Crippen LogP contribution in [-0.4, -0.2) is 43.9 Å². The van der Waals surface area contributed by atoms with Gasteiger partial charge < -0.3 is 20.5 Å². The number of hydrogen-bond donors (Lipinski definition) is 4. The van der Waals surface area contributed by atoms with Crippen molar-refractivity contribution in [2.45, 2.75) is 31.7 Å². The summed E-state index contributed by atoms with van der Waals surface area (Å²) < 4.78 is 0. The van der Waals surface area contributed by atoms with Gasteiger partial charge >= 0.3 is 5.97 Å². The number of carbonyl (C=O) groups excluding carboxylic acids is 1. The van der Waals surface area contributed by atoms with Crippen LogP contribution in [0, 0.1) is 0 Å². The van der Waals surface area contributed by atoms with Crippen molar-refractivity contribution in [3.63, 3.8) is 0 Å². The van der Waals surface area contributed by atoms with E-state index < -0.39 is 12.0 Å². The van der Waals surface area contributed by atoms with Crippen molar-refractivity contribution in [2.75, 3.05) is 0 Å². The van der Waals surface area contributed by atoms with Gasteiger partial charge in [-0.3, -0.25) is 14.6 Å². The summed E-state index contributed by atoms with van der Waals surface area (Å²) in [5, 5.41) is 20.7. The molecule has 3 rings (SSSR count). The number of carbonyl (C=O) groups is 2. The fourth-order valence-electron chi connectivity index (χ4n) is 2.59. The number of carboxylic acid groups (broad SMARTS) is 1. The number of aliphatic imine (C=N–C) groups is 1. The molecule has 0 spiro atoms. The molecule has 130 valence electrons. The Balaban J connectivity index is 1.64. The fraction of sp³-hybridized carbons (Fsp3) is 0.294. The molecule has 8 heteroatoms. The van der Waals surface area contributed by atoms with E-state index in [9.17, 15) is 14.7 Å². The van der Waals surface area contributed by atoms with Gasteiger partial charge in [0.1, 0.15) is 23.3 Å². The van der Waals surface area contributed by atoms with Crippen LogP contribution in [-0.2, 0) is 22.4 Å². The van der Waals surface area contributed by atoms with E-state index >= 15 is 0 Å². The molecule has 0 radical (unpaired) electrons. The smallest absolute Gasteiger partial charge is 0.303 e. The normalized spacial score (nSPS) is 16.6. The van der Waals surface area contributed by atoms with Gasteiger partial charge in [-0.25, -0.2) is 4.98 Å². The van der Waals surface area contributed by atoms with Gasteiger partial charge in [-0.1, -0.05) is 12.1 Å². The quantitative estimate of drug-likeness (QED) is 0.597. The van der Waals surface area contributed by atoms with E-state index in [-0.39, 0.29) is 18.1 Å². The van der Waals surface area contributed by atoms with Crippen LogP contribution in [0.4, 0.5) is 0 Å². The number of rotatable bonds is 7. The number of phenols is 1. The number of nitrogens with one attached hydrogen (secondary N) is 2. The number of benzene rings is 1. The number of aryl methyl sites for hydroxylation is 1. The maximum absolute atomic E-state index is 12.1. The number of amides is 1. The Bertz CT molecular complexity index is 810. The predicted octanol–water partition coefficient (Wildman–Crippen LogP) is 1.01. The molecule has 0 saturated heterocycles. The number of aliphatic carboxylic acids is 1. The summed E-state index contributed by atoms with van der Waals surface area (Å²) in [6.07, 6.45) is 3.12. The average Bonchev–Trinajstić information content (AvgIpc) is 3.17. The minimum atomic E-state index is -0.837. The Morgan fingerprint density at radius 1 is 1.24 bits per heavy atom. The van der Waals surface area contributed by atoms with Crippen LogP contribution in [0.15, 0.2) is 35.5 Å². The van der Waals surface area contributed by atoms with Crippen molar-refractivity contribution in [1.82, 2.24) is 15.3 Å². The molecular weight excluding hydrogens is 324 g/mol. The Morgan fingerprint density at radius 3 is 2.72 bits per heavy atom. The highest BCUT2D eigenvalue weighted by molar-refractivity contribution is 6.12. The molecule has 4 N–H and O–H groups in total. The summed E-state index contributed by atoms with van der Waals surface area (Å²) in [6, 6.07) is 6.13. The molecule has 1 aliphatic rings. The molecular formula is C17H18N4O4. The highest BCUT2D eigenvalue weighted by atomic mass is 16.4. The lowest BCUT2D eigenvalue weighted by molar-refractivity contribution is -0.137. The van der Waals surface area contributed by atoms with E-state index in [0.717, 1.165) is 5.56 Å². The molecule has 1 amide bonds. The average molecular weight is 342 g/mol. The molecule has 8 nitrogen and oxygen atoms in total. The van der Waals surface area contributed by atoms with Crippen LogP contribution >= 0.6 is 0 Å². The lowest BCUT2D eigenvalue weighted by Crippen LogP contribution is -2.30. The number of carboxylic acids is 1. The molecule has 0 bridgehead atoms. The third-order valence-electron chi connectivity index (χ3n) is 3.88. The molecule has 25 heavy (non-hydrogen) atoms. The van der Waals surface area contributed by atoms with Crippen LogP contribution < -0.4 is 5.32 Å². The summed E-state index contributed by atoms with van der Waals surface area (Å²) in [4.78, 5) is 34.3. The third-order valence-corrected chi connectivity index (χ3v) is 3.88. The molecule has 2 aromatic rings. The van der Waals surface area contributed by atoms with Crippen molar-refractivity contribution in [3.8, 4) is 5.75 Å². The summed E-state index contributed by atoms with van der Waals surface area (Å²) in [7, 11) is 0. The maximum Gasteiger partial charge on any atom is 0.303 e. The summed E-state index contributed by atoms with van der Waals surface area (Å²) in [6.45, 7) is 0. The van der Waals surface area contributed by atoms with Crippen LogP contribution in [0.1, 0.15) is 29.9 Å². The summed E-state index contributed by atoms with van der Waals surface area (Å²) >= 11 is 0. The van der Waals surface area contributed by atoms with Crippen LogP contribution in [0.5, 0.6) is 5.75 Å². The summed E-state index contributed by atoms with van der Waals surface area (Å²) in [5.41, 5.74) is 1.51. The first-order chi connectivity index (χ1) is 12.0. The Morgan fingerprint density at radius 2 is 2.00 bits per heavy atom. The SMILES string of the molecule is O=C(O)CCCc1ncc(C2=NC(Cc3ccc(O)cc3)C(=O)N2)[nH]1. The van der Waals surface area contributed by atoms with Gasteiger partial charge in [0.2, 0.25) is 0 Å². The van der Waals surface area contributed by atoms with E-state index in [1.807, 2.05) is 0 Å². The first-order valence-corrected chi connectivity index (χ1v) is 7.94. The highest BCUT2D eigenvalue weighted by Gasteiger charge is 2.28. The van der Waals surface area contributed by atoms with E-state index in [4.69, 9.17) is 5.11 Å². The largest absolute Gasteiger partial charge is 0.508 e. The molecule has 0 saturated carbocycles. The number of phenolic OH excluding ortho intramolecular Hbond substituents is 1. The molecule has 1 aromatic heterocycles. The van der Waals surface area contributed by atoms with Gasteiger partial charge in [0.05, 0.1) is 6.20 Å². The van der Waals surface area contributed by atoms with Gasteiger partial charge in [-0.15, -0.1) is 0 Å². The zero-order chi connectivity index (χ0) is 17.8. The highest BCUT2D eigenvalue weighted by Crippen LogP contribution is 2.15. The van der Waals surface area contributed by atoms with Crippen molar-refractivity contribution >= 4 is 17.7 Å². The fourth-order valence-corrected chi connectivity index (χ4v) is 2.59. The van der Waals surface area contributed by atoms with Crippen molar-refractivity contribution < 1.29 is 19.8 Å². The first-order valence-electron chi connectivity index (χ1n) is 7.94. The van der Waals surface area contributed by atoms with Crippen LogP contribution in [0.3, 0.4) is 0 Å². The number of aromatic nitrogens is 2. The molecule has 2 heterocycles. The van der Waals surface area contributed by atoms with E-state index in [0.29, 0.717) is 36.6 Å². The molecule has 1 atom stereocenters. The standard InChI is InChI=1S/C17H18N4O4/c22-11-6-4-10(5-7-11)8-12-17(25)21-16(20-12)13-9-18-14(19-13)2-1-3-15(23)24/h4-7,9,12,22H,1-3,8H2,(H,18,19)(H,23,24)(H,20,21,25). The van der Waals surface area contributed by atoms with E-state index in [1.165, 1.54) is 0 Å². The number of H-pyrrole nitrogens is 1. The summed E-state index contributed by atoms with van der Waals surface area (Å²) in [5.74, 6) is 0.249. The molecule has 1 aliphatic heterocycles. The lowest BCUT2D eigenvalue weighted by Gasteiger charge is -2.04. The third kappa shape index (κ3) is 4.23. The van der Waals surface area contributed by atoms with E-state index in [1.54, 1.807) is 30.5 Å². The number of amidine groups is 1. The zero-order valence-electron chi connectivity index (χ0n) is 13.4. The minimum Gasteiger partial charge on any atom is -0.508 e. The lowest BCUT2D eigenvalue weighted by atomic mass is 10.1. The van der Waals surface area contributed by atoms with Gasteiger partial charge in [-0.2, -0.15) is 0 Å². The number of imidazole rings is 1.